The van der Waals surface area contributed by atoms with Gasteiger partial charge in [-0.25, -0.2) is 18.2 Å². The van der Waals surface area contributed by atoms with Gasteiger partial charge in [0.25, 0.3) is 5.56 Å². The minimum atomic E-state index is -3.67. The van der Waals surface area contributed by atoms with E-state index in [-0.39, 0.29) is 62.0 Å². The lowest BCUT2D eigenvalue weighted by atomic mass is 9.89. The standard InChI is InChI=1S/C22H27N3O7S2/c1-4-30-20(27)17-18(32-33-3)19(26)25-13-14-31-22(21(25)23-17)9-11-24(12-10-22)34(28,29)16-7-5-15(2)6-8-16/h5-8H,4,9-14H2,1-3H3. The lowest BCUT2D eigenvalue weighted by Crippen LogP contribution is -2.52. The second-order valence-electron chi connectivity index (χ2n) is 8.10. The quantitative estimate of drug-likeness (QED) is 0.426. The van der Waals surface area contributed by atoms with Gasteiger partial charge in [0.05, 0.1) is 36.7 Å². The van der Waals surface area contributed by atoms with E-state index in [2.05, 4.69) is 4.98 Å². The van der Waals surface area contributed by atoms with Crippen LogP contribution >= 0.6 is 12.0 Å². The average molecular weight is 510 g/mol. The molecule has 4 rings (SSSR count). The van der Waals surface area contributed by atoms with Gasteiger partial charge in [0, 0.05) is 19.3 Å². The van der Waals surface area contributed by atoms with Crippen LogP contribution in [0.4, 0.5) is 0 Å². The van der Waals surface area contributed by atoms with Crippen LogP contribution in [0, 0.1) is 6.92 Å². The molecule has 0 saturated carbocycles. The molecule has 12 heteroatoms. The van der Waals surface area contributed by atoms with Crippen LogP contribution in [0.1, 0.15) is 41.6 Å². The molecule has 0 radical (unpaired) electrons. The molecule has 2 aromatic rings. The third-order valence-corrected chi connectivity index (χ3v) is 8.30. The van der Waals surface area contributed by atoms with E-state index < -0.39 is 27.2 Å². The van der Waals surface area contributed by atoms with Crippen molar-refractivity contribution in [1.29, 1.82) is 0 Å². The Kier molecular flexibility index (Phi) is 7.04. The normalized spacial score (nSPS) is 17.9. The van der Waals surface area contributed by atoms with Crippen molar-refractivity contribution in [2.75, 3.05) is 32.6 Å². The molecule has 184 valence electrons. The third-order valence-electron chi connectivity index (χ3n) is 6.05. The summed E-state index contributed by atoms with van der Waals surface area (Å²) < 4.78 is 45.7. The van der Waals surface area contributed by atoms with Crippen LogP contribution in [-0.4, -0.2) is 60.8 Å². The molecule has 1 spiro atoms. The lowest BCUT2D eigenvalue weighted by Gasteiger charge is -2.43. The van der Waals surface area contributed by atoms with Crippen LogP contribution in [0.3, 0.4) is 0 Å². The van der Waals surface area contributed by atoms with E-state index in [9.17, 15) is 18.0 Å². The van der Waals surface area contributed by atoms with Gasteiger partial charge in [-0.2, -0.15) is 4.31 Å². The number of hydrogen-bond donors (Lipinski definition) is 0. The number of aromatic nitrogens is 2. The Labute approximate surface area is 202 Å². The Bertz CT molecular complexity index is 1230. The number of fused-ring (bicyclic) bond motifs is 2. The molecule has 10 nitrogen and oxygen atoms in total. The number of carbonyl (C=O) groups excluding carboxylic acids is 1. The zero-order valence-electron chi connectivity index (χ0n) is 19.3. The van der Waals surface area contributed by atoms with Crippen molar-refractivity contribution >= 4 is 28.0 Å². The molecule has 0 atom stereocenters. The van der Waals surface area contributed by atoms with Gasteiger partial charge in [-0.15, -0.1) is 0 Å². The van der Waals surface area contributed by atoms with Gasteiger partial charge in [-0.1, -0.05) is 17.7 Å². The van der Waals surface area contributed by atoms with Crippen molar-refractivity contribution in [3.8, 4) is 5.75 Å². The number of esters is 1. The van der Waals surface area contributed by atoms with Crippen molar-refractivity contribution < 1.29 is 26.9 Å². The molecule has 1 aromatic carbocycles. The Balaban J connectivity index is 1.68. The fraction of sp³-hybridized carbons (Fsp3) is 0.500. The first-order valence-electron chi connectivity index (χ1n) is 11.0. The minimum Gasteiger partial charge on any atom is -0.461 e. The molecule has 34 heavy (non-hydrogen) atoms. The highest BCUT2D eigenvalue weighted by atomic mass is 32.2. The van der Waals surface area contributed by atoms with Crippen molar-refractivity contribution in [3.63, 3.8) is 0 Å². The molecule has 2 aliphatic heterocycles. The van der Waals surface area contributed by atoms with E-state index in [1.54, 1.807) is 37.4 Å². The first-order chi connectivity index (χ1) is 16.2. The van der Waals surface area contributed by atoms with E-state index >= 15 is 0 Å². The smallest absolute Gasteiger partial charge is 0.361 e. The van der Waals surface area contributed by atoms with Crippen molar-refractivity contribution in [3.05, 3.63) is 51.7 Å². The van der Waals surface area contributed by atoms with E-state index in [1.807, 2.05) is 6.92 Å². The maximum absolute atomic E-state index is 13.2. The van der Waals surface area contributed by atoms with E-state index in [0.29, 0.717) is 5.82 Å². The summed E-state index contributed by atoms with van der Waals surface area (Å²) in [5.41, 5.74) is -0.704. The summed E-state index contributed by atoms with van der Waals surface area (Å²) >= 11 is 0.932. The SMILES string of the molecule is CCOC(=O)c1nc2n(c(=O)c1OSC)CCOC21CCN(S(=O)(=O)c2ccc(C)cc2)CC1. The second-order valence-corrected chi connectivity index (χ2v) is 10.5. The van der Waals surface area contributed by atoms with Gasteiger partial charge in [0.15, 0.2) is 5.69 Å². The van der Waals surface area contributed by atoms with Crippen LogP contribution in [0.5, 0.6) is 5.75 Å². The van der Waals surface area contributed by atoms with Crippen LogP contribution in [0.25, 0.3) is 0 Å². The maximum Gasteiger partial charge on any atom is 0.361 e. The Hall–Kier alpha value is -2.41. The lowest BCUT2D eigenvalue weighted by molar-refractivity contribution is -0.110. The molecular formula is C22H27N3O7S2. The first kappa shape index (κ1) is 24.7. The van der Waals surface area contributed by atoms with Gasteiger partial charge in [0.1, 0.15) is 11.4 Å². The third kappa shape index (κ3) is 4.35. The highest BCUT2D eigenvalue weighted by Gasteiger charge is 2.46. The van der Waals surface area contributed by atoms with Gasteiger partial charge in [0.2, 0.25) is 15.8 Å². The number of aryl methyl sites for hydroxylation is 1. The molecule has 0 aliphatic carbocycles. The van der Waals surface area contributed by atoms with Crippen LogP contribution in [0.2, 0.25) is 0 Å². The number of benzene rings is 1. The van der Waals surface area contributed by atoms with Crippen LogP contribution in [-0.2, 0) is 31.6 Å². The van der Waals surface area contributed by atoms with Crippen molar-refractivity contribution in [1.82, 2.24) is 13.9 Å². The van der Waals surface area contributed by atoms with Crippen LogP contribution < -0.4 is 9.74 Å². The topological polar surface area (TPSA) is 117 Å². The number of carbonyl (C=O) groups is 1. The Morgan fingerprint density at radius 3 is 2.50 bits per heavy atom. The number of piperidine rings is 1. The van der Waals surface area contributed by atoms with E-state index in [4.69, 9.17) is 13.7 Å². The number of nitrogens with zero attached hydrogens (tertiary/aromatic N) is 3. The van der Waals surface area contributed by atoms with E-state index in [0.717, 1.165) is 17.6 Å². The average Bonchev–Trinajstić information content (AvgIpc) is 2.82. The summed E-state index contributed by atoms with van der Waals surface area (Å²) in [4.78, 5) is 30.5. The summed E-state index contributed by atoms with van der Waals surface area (Å²) in [6.07, 6.45) is 2.21. The molecule has 1 saturated heterocycles. The molecule has 0 unspecified atom stereocenters. The number of sulfonamides is 1. The van der Waals surface area contributed by atoms with E-state index in [1.165, 1.54) is 8.87 Å². The predicted octanol–water partition coefficient (Wildman–Crippen LogP) is 2.10. The van der Waals surface area contributed by atoms with Crippen molar-refractivity contribution in [2.45, 2.75) is 43.7 Å². The summed E-state index contributed by atoms with van der Waals surface area (Å²) in [6, 6.07) is 6.73. The van der Waals surface area contributed by atoms with Crippen LogP contribution in [0.15, 0.2) is 34.0 Å². The first-order valence-corrected chi connectivity index (χ1v) is 13.6. The second kappa shape index (κ2) is 9.68. The van der Waals surface area contributed by atoms with Gasteiger partial charge in [-0.3, -0.25) is 9.36 Å². The molecule has 1 aromatic heterocycles. The fourth-order valence-electron chi connectivity index (χ4n) is 4.30. The van der Waals surface area contributed by atoms with Gasteiger partial charge < -0.3 is 13.7 Å². The predicted molar refractivity (Wildman–Crippen MR) is 125 cm³/mol. The van der Waals surface area contributed by atoms with Gasteiger partial charge >= 0.3 is 5.97 Å². The monoisotopic (exact) mass is 509 g/mol. The molecule has 2 aliphatic rings. The summed E-state index contributed by atoms with van der Waals surface area (Å²) in [5.74, 6) is -0.633. The molecule has 1 fully saturated rings. The molecular weight excluding hydrogens is 482 g/mol. The molecule has 0 bridgehead atoms. The highest BCUT2D eigenvalue weighted by molar-refractivity contribution is 7.94. The largest absolute Gasteiger partial charge is 0.461 e. The number of ether oxygens (including phenoxy) is 2. The van der Waals surface area contributed by atoms with Crippen molar-refractivity contribution in [2.24, 2.45) is 0 Å². The zero-order chi connectivity index (χ0) is 24.5. The minimum absolute atomic E-state index is 0.116. The fourth-order valence-corrected chi connectivity index (χ4v) is 6.06. The molecule has 3 heterocycles. The summed E-state index contributed by atoms with van der Waals surface area (Å²) in [5, 5.41) is 0. The summed E-state index contributed by atoms with van der Waals surface area (Å²) in [6.45, 7) is 4.55. The zero-order valence-corrected chi connectivity index (χ0v) is 20.9. The van der Waals surface area contributed by atoms with Gasteiger partial charge in [-0.05, 0) is 38.8 Å². The Morgan fingerprint density at radius 1 is 1.21 bits per heavy atom. The highest BCUT2D eigenvalue weighted by Crippen LogP contribution is 2.39. The number of rotatable bonds is 6. The molecule has 0 amide bonds. The summed E-state index contributed by atoms with van der Waals surface area (Å²) in [7, 11) is -3.67. The molecule has 0 N–H and O–H groups in total. The number of hydrogen-bond acceptors (Lipinski definition) is 9. The maximum atomic E-state index is 13.2. The Morgan fingerprint density at radius 2 is 1.88 bits per heavy atom.